The van der Waals surface area contributed by atoms with E-state index in [1.165, 1.54) is 10.6 Å². The molecule has 0 atom stereocenters. The van der Waals surface area contributed by atoms with E-state index in [1.54, 1.807) is 7.05 Å². The summed E-state index contributed by atoms with van der Waals surface area (Å²) in [5, 5.41) is 11.5. The van der Waals surface area contributed by atoms with Gasteiger partial charge < -0.3 is 5.11 Å². The van der Waals surface area contributed by atoms with Crippen molar-refractivity contribution in [3.8, 4) is 5.88 Å². The van der Waals surface area contributed by atoms with Gasteiger partial charge in [-0.15, -0.1) is 0 Å². The smallest absolute Gasteiger partial charge is 0.262 e. The number of hydrogen-bond donors (Lipinski definition) is 2. The molecule has 7 heteroatoms. The Hall–Kier alpha value is -2.54. The number of para-hydroxylation sites is 2. The summed E-state index contributed by atoms with van der Waals surface area (Å²) in [7, 11) is 1.56. The molecule has 100 valence electrons. The van der Waals surface area contributed by atoms with E-state index in [4.69, 9.17) is 12.2 Å². The molecule has 2 N–H and O–H groups in total. The molecule has 0 saturated carbocycles. The first-order chi connectivity index (χ1) is 9.56. The van der Waals surface area contributed by atoms with Crippen molar-refractivity contribution in [2.75, 3.05) is 0 Å². The lowest BCUT2D eigenvalue weighted by molar-refractivity contribution is 0.419. The highest BCUT2D eigenvalue weighted by molar-refractivity contribution is 7.71. The molecule has 0 radical (unpaired) electrons. The van der Waals surface area contributed by atoms with E-state index >= 15 is 0 Å². The van der Waals surface area contributed by atoms with Crippen LogP contribution in [0.5, 0.6) is 5.88 Å². The monoisotopic (exact) mass is 286 g/mol. The molecule has 0 saturated heterocycles. The molecule has 2 aromatic rings. The highest BCUT2D eigenvalue weighted by Gasteiger charge is 2.10. The van der Waals surface area contributed by atoms with Crippen molar-refractivity contribution in [1.82, 2.24) is 9.55 Å². The fraction of sp³-hybridized carbons (Fsp3) is 0.0769. The van der Waals surface area contributed by atoms with Crippen LogP contribution in [0.2, 0.25) is 0 Å². The molecule has 3 rings (SSSR count). The Morgan fingerprint density at radius 2 is 1.90 bits per heavy atom. The third-order valence-electron chi connectivity index (χ3n) is 2.95. The summed E-state index contributed by atoms with van der Waals surface area (Å²) < 4.78 is 1.46. The van der Waals surface area contributed by atoms with Gasteiger partial charge in [0.15, 0.2) is 10.6 Å². The van der Waals surface area contributed by atoms with Crippen molar-refractivity contribution < 1.29 is 5.11 Å². The van der Waals surface area contributed by atoms with Crippen LogP contribution in [-0.2, 0) is 7.05 Å². The maximum Gasteiger partial charge on any atom is 0.262 e. The van der Waals surface area contributed by atoms with Gasteiger partial charge >= 0.3 is 0 Å². The van der Waals surface area contributed by atoms with E-state index < -0.39 is 5.56 Å². The number of rotatable bonds is 1. The van der Waals surface area contributed by atoms with Gasteiger partial charge in [0, 0.05) is 13.1 Å². The molecule has 0 spiro atoms. The fourth-order valence-corrected chi connectivity index (χ4v) is 2.05. The number of aromatic hydroxyl groups is 1. The second-order valence-corrected chi connectivity index (χ2v) is 4.66. The Morgan fingerprint density at radius 1 is 1.30 bits per heavy atom. The third kappa shape index (κ3) is 1.97. The first kappa shape index (κ1) is 12.5. The average molecular weight is 286 g/mol. The van der Waals surface area contributed by atoms with E-state index in [9.17, 15) is 9.90 Å². The summed E-state index contributed by atoms with van der Waals surface area (Å²) in [4.78, 5) is 22.9. The number of nitrogens with zero attached hydrogens (tertiary/aromatic N) is 3. The highest BCUT2D eigenvalue weighted by atomic mass is 32.1. The summed E-state index contributed by atoms with van der Waals surface area (Å²) >= 11 is 4.91. The molecule has 6 nitrogen and oxygen atoms in total. The zero-order chi connectivity index (χ0) is 14.3. The summed E-state index contributed by atoms with van der Waals surface area (Å²) in [6.07, 6.45) is 1.43. The lowest BCUT2D eigenvalue weighted by atomic mass is 10.3. The molecule has 0 bridgehead atoms. The van der Waals surface area contributed by atoms with E-state index in [2.05, 4.69) is 15.0 Å². The van der Waals surface area contributed by atoms with Crippen LogP contribution in [-0.4, -0.2) is 14.7 Å². The molecule has 20 heavy (non-hydrogen) atoms. The maximum atomic E-state index is 11.9. The predicted molar refractivity (Wildman–Crippen MR) is 75.3 cm³/mol. The molecule has 0 amide bonds. The minimum atomic E-state index is -0.473. The molecule has 1 aliphatic heterocycles. The molecule has 0 aliphatic carbocycles. The molecule has 1 aromatic heterocycles. The Balaban J connectivity index is 2.21. The molecule has 0 fully saturated rings. The van der Waals surface area contributed by atoms with E-state index in [1.807, 2.05) is 24.3 Å². The normalized spacial score (nSPS) is 12.6. The molecular weight excluding hydrogens is 276 g/mol. The van der Waals surface area contributed by atoms with Crippen molar-refractivity contribution >= 4 is 18.3 Å². The minimum absolute atomic E-state index is 0.0800. The van der Waals surface area contributed by atoms with Crippen LogP contribution in [0.3, 0.4) is 0 Å². The number of nitrogens with one attached hydrogen (secondary N) is 1. The predicted octanol–water partition coefficient (Wildman–Crippen LogP) is 0.400. The van der Waals surface area contributed by atoms with Crippen LogP contribution < -0.4 is 16.3 Å². The molecule has 0 unspecified atom stereocenters. The standard InChI is InChI=1S/C13H10N4O2S/c1-17-12(19)7(11(18)16-13(17)20)6-10-14-8-4-2-3-5-9(8)15-10/h2-6,19H,1H3,(H,16,18,20). The Bertz CT molecular complexity index is 932. The van der Waals surface area contributed by atoms with Gasteiger partial charge in [0.05, 0.1) is 10.7 Å². The van der Waals surface area contributed by atoms with Crippen molar-refractivity contribution in [2.24, 2.45) is 17.0 Å². The molecular formula is C13H10N4O2S. The van der Waals surface area contributed by atoms with Crippen molar-refractivity contribution in [1.29, 1.82) is 0 Å². The van der Waals surface area contributed by atoms with Crippen LogP contribution >= 0.6 is 12.2 Å². The van der Waals surface area contributed by atoms with Crippen LogP contribution in [0.25, 0.3) is 6.08 Å². The second kappa shape index (κ2) is 4.53. The van der Waals surface area contributed by atoms with E-state index in [0.717, 1.165) is 10.7 Å². The minimum Gasteiger partial charge on any atom is -0.494 e. The summed E-state index contributed by atoms with van der Waals surface area (Å²) in [5.74, 6) is 0.150. The van der Waals surface area contributed by atoms with E-state index in [0.29, 0.717) is 5.82 Å². The molecule has 1 aromatic carbocycles. The van der Waals surface area contributed by atoms with Crippen molar-refractivity contribution in [2.45, 2.75) is 0 Å². The van der Waals surface area contributed by atoms with Gasteiger partial charge in [-0.2, -0.15) is 0 Å². The van der Waals surface area contributed by atoms with E-state index in [-0.39, 0.29) is 16.2 Å². The maximum absolute atomic E-state index is 11.9. The first-order valence-corrected chi connectivity index (χ1v) is 6.23. The lowest BCUT2D eigenvalue weighted by Crippen LogP contribution is -2.19. The average Bonchev–Trinajstić information content (AvgIpc) is 2.83. The number of fused-ring (bicyclic) bond motifs is 1. The van der Waals surface area contributed by atoms with Crippen molar-refractivity contribution in [3.05, 3.63) is 61.5 Å². The molecule has 1 aliphatic rings. The van der Waals surface area contributed by atoms with Gasteiger partial charge in [0.2, 0.25) is 5.88 Å². The van der Waals surface area contributed by atoms with Crippen LogP contribution in [0, 0.1) is 4.77 Å². The fourth-order valence-electron chi connectivity index (χ4n) is 1.88. The van der Waals surface area contributed by atoms with Gasteiger partial charge in [0.1, 0.15) is 5.56 Å². The van der Waals surface area contributed by atoms with Gasteiger partial charge in [-0.25, -0.2) is 9.98 Å². The number of H-pyrrole nitrogens is 1. The number of hydrogen-bond acceptors (Lipinski definition) is 5. The van der Waals surface area contributed by atoms with Gasteiger partial charge in [0.25, 0.3) is 5.56 Å². The second-order valence-electron chi connectivity index (χ2n) is 4.27. The SMILES string of the molecule is Cn1c(O)c(C=C2N=c3ccccc3=N2)c(=O)[nH]c1=S. The van der Waals surface area contributed by atoms with Gasteiger partial charge in [-0.05, 0) is 24.4 Å². The van der Waals surface area contributed by atoms with Crippen LogP contribution in [0.15, 0.2) is 44.9 Å². The largest absolute Gasteiger partial charge is 0.494 e. The lowest BCUT2D eigenvalue weighted by Gasteiger charge is -2.04. The number of aromatic amines is 1. The third-order valence-corrected chi connectivity index (χ3v) is 3.33. The quantitative estimate of drug-likeness (QED) is 0.744. The summed E-state index contributed by atoms with van der Waals surface area (Å²) in [6.45, 7) is 0. The number of aromatic nitrogens is 2. The summed E-state index contributed by atoms with van der Waals surface area (Å²) in [5.41, 5.74) is -0.393. The Morgan fingerprint density at radius 3 is 2.50 bits per heavy atom. The zero-order valence-electron chi connectivity index (χ0n) is 10.5. The number of benzene rings is 1. The van der Waals surface area contributed by atoms with Crippen LogP contribution in [0.4, 0.5) is 0 Å². The summed E-state index contributed by atoms with van der Waals surface area (Å²) in [6, 6.07) is 7.38. The van der Waals surface area contributed by atoms with Crippen LogP contribution in [0.1, 0.15) is 5.56 Å². The first-order valence-electron chi connectivity index (χ1n) is 5.83. The highest BCUT2D eigenvalue weighted by Crippen LogP contribution is 2.16. The molecule has 2 heterocycles. The van der Waals surface area contributed by atoms with Gasteiger partial charge in [-0.1, -0.05) is 12.1 Å². The zero-order valence-corrected chi connectivity index (χ0v) is 11.3. The Kier molecular flexibility index (Phi) is 2.83. The topological polar surface area (TPSA) is 82.7 Å². The Labute approximate surface area is 118 Å². The van der Waals surface area contributed by atoms with Crippen molar-refractivity contribution in [3.63, 3.8) is 0 Å². The van der Waals surface area contributed by atoms with Gasteiger partial charge in [-0.3, -0.25) is 14.3 Å².